The highest BCUT2D eigenvalue weighted by molar-refractivity contribution is 5.29. The molecule has 2 rings (SSSR count). The summed E-state index contributed by atoms with van der Waals surface area (Å²) in [5.74, 6) is 1.02. The van der Waals surface area contributed by atoms with Crippen LogP contribution < -0.4 is 5.32 Å². The average molecular weight is 221 g/mol. The lowest BCUT2D eigenvalue weighted by molar-refractivity contribution is 0.242. The summed E-state index contributed by atoms with van der Waals surface area (Å²) in [6, 6.07) is 5.46. The summed E-state index contributed by atoms with van der Waals surface area (Å²) in [7, 11) is 0. The van der Waals surface area contributed by atoms with Gasteiger partial charge in [-0.2, -0.15) is 0 Å². The Morgan fingerprint density at radius 2 is 2.19 bits per heavy atom. The maximum Gasteiger partial charge on any atom is 0.126 e. The van der Waals surface area contributed by atoms with Crippen molar-refractivity contribution < 1.29 is 4.39 Å². The zero-order valence-corrected chi connectivity index (χ0v) is 10.1. The van der Waals surface area contributed by atoms with E-state index in [1.54, 1.807) is 6.07 Å². The van der Waals surface area contributed by atoms with Crippen molar-refractivity contribution in [2.75, 3.05) is 13.1 Å². The molecule has 2 atom stereocenters. The van der Waals surface area contributed by atoms with Crippen molar-refractivity contribution >= 4 is 0 Å². The molecule has 2 heteroatoms. The Kier molecular flexibility index (Phi) is 3.59. The largest absolute Gasteiger partial charge is 0.317 e. The summed E-state index contributed by atoms with van der Waals surface area (Å²) in [5, 5.41) is 3.36. The molecule has 88 valence electrons. The summed E-state index contributed by atoms with van der Waals surface area (Å²) >= 11 is 0. The Morgan fingerprint density at radius 1 is 1.38 bits per heavy atom. The van der Waals surface area contributed by atoms with Crippen molar-refractivity contribution in [1.82, 2.24) is 5.32 Å². The van der Waals surface area contributed by atoms with Gasteiger partial charge in [-0.1, -0.05) is 24.6 Å². The van der Waals surface area contributed by atoms with Crippen LogP contribution in [-0.2, 0) is 0 Å². The molecule has 1 aromatic carbocycles. The first-order chi connectivity index (χ1) is 7.72. The zero-order chi connectivity index (χ0) is 11.5. The number of rotatable bonds is 4. The lowest BCUT2D eigenvalue weighted by atomic mass is 9.69. The van der Waals surface area contributed by atoms with Gasteiger partial charge >= 0.3 is 0 Å². The van der Waals surface area contributed by atoms with E-state index in [4.69, 9.17) is 0 Å². The molecule has 0 bridgehead atoms. The van der Waals surface area contributed by atoms with E-state index in [-0.39, 0.29) is 5.82 Å². The molecule has 1 N–H and O–H groups in total. The molecule has 0 amide bonds. The molecule has 0 aromatic heterocycles. The van der Waals surface area contributed by atoms with Gasteiger partial charge in [0.15, 0.2) is 0 Å². The van der Waals surface area contributed by atoms with Gasteiger partial charge in [0.25, 0.3) is 0 Å². The van der Waals surface area contributed by atoms with E-state index in [0.717, 1.165) is 30.6 Å². The van der Waals surface area contributed by atoms with Crippen LogP contribution in [0.3, 0.4) is 0 Å². The van der Waals surface area contributed by atoms with Gasteiger partial charge in [-0.3, -0.25) is 0 Å². The molecule has 1 aliphatic carbocycles. The van der Waals surface area contributed by atoms with Crippen molar-refractivity contribution in [3.8, 4) is 0 Å². The van der Waals surface area contributed by atoms with E-state index >= 15 is 0 Å². The van der Waals surface area contributed by atoms with Crippen molar-refractivity contribution in [1.29, 1.82) is 0 Å². The highest BCUT2D eigenvalue weighted by Gasteiger charge is 2.33. The van der Waals surface area contributed by atoms with Crippen molar-refractivity contribution in [3.63, 3.8) is 0 Å². The number of hydrogen-bond donors (Lipinski definition) is 1. The third-order valence-electron chi connectivity index (χ3n) is 3.62. The standard InChI is InChI=1S/C14H20FN/c1-3-16-9-11-5-6-12(11)13-8-10(2)4-7-14(13)15/h4,7-8,11-12,16H,3,5-6,9H2,1-2H3. The number of nitrogens with one attached hydrogen (secondary N) is 1. The SMILES string of the molecule is CCNCC1CCC1c1cc(C)ccc1F. The van der Waals surface area contributed by atoms with E-state index in [9.17, 15) is 4.39 Å². The van der Waals surface area contributed by atoms with E-state index in [0.29, 0.717) is 11.8 Å². The molecule has 0 aliphatic heterocycles. The maximum absolute atomic E-state index is 13.7. The Morgan fingerprint density at radius 3 is 2.81 bits per heavy atom. The van der Waals surface area contributed by atoms with Crippen LogP contribution in [-0.4, -0.2) is 13.1 Å². The molecule has 0 radical (unpaired) electrons. The van der Waals surface area contributed by atoms with E-state index in [2.05, 4.69) is 12.2 Å². The Labute approximate surface area is 97.1 Å². The van der Waals surface area contributed by atoms with Crippen LogP contribution in [0.2, 0.25) is 0 Å². The third-order valence-corrected chi connectivity index (χ3v) is 3.62. The second kappa shape index (κ2) is 4.96. The molecule has 1 aromatic rings. The lowest BCUT2D eigenvalue weighted by Crippen LogP contribution is -2.34. The van der Waals surface area contributed by atoms with Crippen LogP contribution >= 0.6 is 0 Å². The van der Waals surface area contributed by atoms with Gasteiger partial charge in [-0.05, 0) is 56.3 Å². The molecule has 1 nitrogen and oxygen atoms in total. The average Bonchev–Trinajstić information content (AvgIpc) is 2.22. The normalized spacial score (nSPS) is 24.2. The molecule has 1 saturated carbocycles. The van der Waals surface area contributed by atoms with E-state index in [1.165, 1.54) is 6.42 Å². The van der Waals surface area contributed by atoms with Crippen molar-refractivity contribution in [2.24, 2.45) is 5.92 Å². The zero-order valence-electron chi connectivity index (χ0n) is 10.1. The van der Waals surface area contributed by atoms with Gasteiger partial charge in [0, 0.05) is 0 Å². The summed E-state index contributed by atoms with van der Waals surface area (Å²) < 4.78 is 13.7. The van der Waals surface area contributed by atoms with Crippen LogP contribution in [0, 0.1) is 18.7 Å². The fourth-order valence-corrected chi connectivity index (χ4v) is 2.50. The predicted octanol–water partition coefficient (Wildman–Crippen LogP) is 3.24. The molecule has 0 saturated heterocycles. The van der Waals surface area contributed by atoms with Crippen LogP contribution in [0.5, 0.6) is 0 Å². The first-order valence-electron chi connectivity index (χ1n) is 6.19. The van der Waals surface area contributed by atoms with Gasteiger partial charge in [-0.15, -0.1) is 0 Å². The second-order valence-corrected chi connectivity index (χ2v) is 4.78. The summed E-state index contributed by atoms with van der Waals surface area (Å²) in [4.78, 5) is 0. The third kappa shape index (κ3) is 2.27. The van der Waals surface area contributed by atoms with Crippen LogP contribution in [0.25, 0.3) is 0 Å². The number of aryl methyl sites for hydroxylation is 1. The van der Waals surface area contributed by atoms with Gasteiger partial charge in [0.05, 0.1) is 0 Å². The second-order valence-electron chi connectivity index (χ2n) is 4.78. The van der Waals surface area contributed by atoms with E-state index in [1.807, 2.05) is 19.1 Å². The first-order valence-corrected chi connectivity index (χ1v) is 6.19. The molecule has 16 heavy (non-hydrogen) atoms. The van der Waals surface area contributed by atoms with Gasteiger partial charge < -0.3 is 5.32 Å². The number of hydrogen-bond acceptors (Lipinski definition) is 1. The van der Waals surface area contributed by atoms with Gasteiger partial charge in [-0.25, -0.2) is 4.39 Å². The Hall–Kier alpha value is -0.890. The molecular weight excluding hydrogens is 201 g/mol. The summed E-state index contributed by atoms with van der Waals surface area (Å²) in [5.41, 5.74) is 2.08. The Balaban J connectivity index is 2.09. The maximum atomic E-state index is 13.7. The fraction of sp³-hybridized carbons (Fsp3) is 0.571. The quantitative estimate of drug-likeness (QED) is 0.823. The number of halogens is 1. The fourth-order valence-electron chi connectivity index (χ4n) is 2.50. The highest BCUT2D eigenvalue weighted by Crippen LogP contribution is 2.43. The lowest BCUT2D eigenvalue weighted by Gasteiger charge is -2.37. The minimum atomic E-state index is -0.0307. The molecule has 0 spiro atoms. The monoisotopic (exact) mass is 221 g/mol. The molecule has 1 fully saturated rings. The summed E-state index contributed by atoms with van der Waals surface area (Å²) in [6.07, 6.45) is 2.36. The van der Waals surface area contributed by atoms with Crippen molar-refractivity contribution in [3.05, 3.63) is 35.1 Å². The van der Waals surface area contributed by atoms with Crippen LogP contribution in [0.4, 0.5) is 4.39 Å². The summed E-state index contributed by atoms with van der Waals surface area (Å²) in [6.45, 7) is 6.16. The first kappa shape index (κ1) is 11.6. The molecule has 1 aliphatic rings. The van der Waals surface area contributed by atoms with Crippen molar-refractivity contribution in [2.45, 2.75) is 32.6 Å². The Bertz CT molecular complexity index is 362. The van der Waals surface area contributed by atoms with Crippen LogP contribution in [0.1, 0.15) is 36.8 Å². The van der Waals surface area contributed by atoms with Gasteiger partial charge in [0.2, 0.25) is 0 Å². The number of benzene rings is 1. The predicted molar refractivity (Wildman–Crippen MR) is 65.1 cm³/mol. The minimum Gasteiger partial charge on any atom is -0.317 e. The molecular formula is C14H20FN. The topological polar surface area (TPSA) is 12.0 Å². The van der Waals surface area contributed by atoms with Crippen LogP contribution in [0.15, 0.2) is 18.2 Å². The molecule has 0 heterocycles. The molecule has 2 unspecified atom stereocenters. The van der Waals surface area contributed by atoms with E-state index < -0.39 is 0 Å². The highest BCUT2D eigenvalue weighted by atomic mass is 19.1. The minimum absolute atomic E-state index is 0.0307. The van der Waals surface area contributed by atoms with Gasteiger partial charge in [0.1, 0.15) is 5.82 Å². The smallest absolute Gasteiger partial charge is 0.126 e.